The quantitative estimate of drug-likeness (QED) is 0.835. The summed E-state index contributed by atoms with van der Waals surface area (Å²) in [6.45, 7) is 1.91. The summed E-state index contributed by atoms with van der Waals surface area (Å²) >= 11 is 0. The lowest BCUT2D eigenvalue weighted by Crippen LogP contribution is -2.23. The first-order chi connectivity index (χ1) is 10.1. The predicted octanol–water partition coefficient (Wildman–Crippen LogP) is 1.36. The molecule has 6 heteroatoms. The zero-order chi connectivity index (χ0) is 15.2. The van der Waals surface area contributed by atoms with Crippen molar-refractivity contribution in [1.82, 2.24) is 10.5 Å². The van der Waals surface area contributed by atoms with Gasteiger partial charge in [0, 0.05) is 17.7 Å². The first kappa shape index (κ1) is 14.8. The van der Waals surface area contributed by atoms with Crippen molar-refractivity contribution in [3.63, 3.8) is 0 Å². The first-order valence-corrected chi connectivity index (χ1v) is 6.28. The molecule has 0 aliphatic heterocycles. The van der Waals surface area contributed by atoms with E-state index in [-0.39, 0.29) is 19.0 Å². The largest absolute Gasteiger partial charge is 0.361 e. The van der Waals surface area contributed by atoms with Crippen LogP contribution in [0, 0.1) is 24.6 Å². The van der Waals surface area contributed by atoms with Crippen LogP contribution in [0.25, 0.3) is 0 Å². The van der Waals surface area contributed by atoms with E-state index in [1.54, 1.807) is 19.1 Å². The second-order valence-corrected chi connectivity index (χ2v) is 4.29. The smallest absolute Gasteiger partial charge is 0.256 e. The fourth-order valence-electron chi connectivity index (χ4n) is 1.73. The van der Waals surface area contributed by atoms with Gasteiger partial charge < -0.3 is 15.6 Å². The van der Waals surface area contributed by atoms with Crippen molar-refractivity contribution in [2.75, 3.05) is 6.54 Å². The van der Waals surface area contributed by atoms with Gasteiger partial charge in [0.15, 0.2) is 0 Å². The maximum atomic E-state index is 13.7. The summed E-state index contributed by atoms with van der Waals surface area (Å²) in [4.78, 5) is 11.9. The van der Waals surface area contributed by atoms with Gasteiger partial charge in [-0.3, -0.25) is 4.79 Å². The van der Waals surface area contributed by atoms with E-state index in [9.17, 15) is 9.18 Å². The second-order valence-electron chi connectivity index (χ2n) is 4.29. The van der Waals surface area contributed by atoms with Gasteiger partial charge in [0.05, 0.1) is 12.7 Å². The molecule has 1 amide bonds. The summed E-state index contributed by atoms with van der Waals surface area (Å²) in [5.41, 5.74) is 6.61. The number of nitrogens with one attached hydrogen (secondary N) is 1. The van der Waals surface area contributed by atoms with Crippen LogP contribution in [0.5, 0.6) is 0 Å². The maximum Gasteiger partial charge on any atom is 0.256 e. The number of rotatable bonds is 3. The van der Waals surface area contributed by atoms with E-state index in [1.807, 2.05) is 0 Å². The minimum absolute atomic E-state index is 0.0490. The van der Waals surface area contributed by atoms with Crippen LogP contribution < -0.4 is 11.1 Å². The Morgan fingerprint density at radius 3 is 3.00 bits per heavy atom. The number of hydrogen-bond acceptors (Lipinski definition) is 4. The molecule has 1 aromatic heterocycles. The van der Waals surface area contributed by atoms with Crippen molar-refractivity contribution >= 4 is 5.91 Å². The average molecular weight is 287 g/mol. The van der Waals surface area contributed by atoms with Crippen molar-refractivity contribution in [3.8, 4) is 11.8 Å². The third-order valence-corrected chi connectivity index (χ3v) is 2.82. The van der Waals surface area contributed by atoms with Gasteiger partial charge in [0.25, 0.3) is 5.91 Å². The standard InChI is InChI=1S/C15H14FN3O2/c1-10-13(9-19-21-10)15(20)18-8-12-7-11(3-2-6-17)4-5-14(12)16/h4-5,7,9H,6,8,17H2,1H3,(H,18,20). The van der Waals surface area contributed by atoms with E-state index in [4.69, 9.17) is 10.3 Å². The number of aromatic nitrogens is 1. The van der Waals surface area contributed by atoms with E-state index in [2.05, 4.69) is 22.3 Å². The van der Waals surface area contributed by atoms with Crippen LogP contribution in [0.3, 0.4) is 0 Å². The van der Waals surface area contributed by atoms with Gasteiger partial charge in [-0.15, -0.1) is 0 Å². The van der Waals surface area contributed by atoms with Crippen molar-refractivity contribution in [2.24, 2.45) is 5.73 Å². The molecule has 0 aliphatic rings. The Balaban J connectivity index is 2.09. The summed E-state index contributed by atoms with van der Waals surface area (Å²) in [5, 5.41) is 6.14. The number of carbonyl (C=O) groups excluding carboxylic acids is 1. The minimum atomic E-state index is -0.407. The minimum Gasteiger partial charge on any atom is -0.361 e. The van der Waals surface area contributed by atoms with Gasteiger partial charge in [-0.2, -0.15) is 0 Å². The summed E-state index contributed by atoms with van der Waals surface area (Å²) in [6.07, 6.45) is 1.32. The average Bonchev–Trinajstić information content (AvgIpc) is 2.91. The SMILES string of the molecule is Cc1oncc1C(=O)NCc1cc(C#CCN)ccc1F. The Labute approximate surface area is 121 Å². The Morgan fingerprint density at radius 1 is 1.52 bits per heavy atom. The summed E-state index contributed by atoms with van der Waals surface area (Å²) in [7, 11) is 0. The monoisotopic (exact) mass is 287 g/mol. The van der Waals surface area contributed by atoms with Gasteiger partial charge in [-0.25, -0.2) is 4.39 Å². The van der Waals surface area contributed by atoms with E-state index in [0.29, 0.717) is 22.5 Å². The highest BCUT2D eigenvalue weighted by molar-refractivity contribution is 5.94. The number of amides is 1. The van der Waals surface area contributed by atoms with E-state index >= 15 is 0 Å². The molecule has 1 aromatic carbocycles. The van der Waals surface area contributed by atoms with Crippen molar-refractivity contribution in [1.29, 1.82) is 0 Å². The Morgan fingerprint density at radius 2 is 2.33 bits per heavy atom. The molecule has 2 aromatic rings. The number of carbonyl (C=O) groups is 1. The number of nitrogens with two attached hydrogens (primary N) is 1. The molecule has 0 atom stereocenters. The van der Waals surface area contributed by atoms with E-state index in [0.717, 1.165) is 0 Å². The predicted molar refractivity (Wildman–Crippen MR) is 74.7 cm³/mol. The molecule has 0 bridgehead atoms. The van der Waals surface area contributed by atoms with Crippen molar-refractivity contribution in [3.05, 3.63) is 52.7 Å². The van der Waals surface area contributed by atoms with Gasteiger partial charge >= 0.3 is 0 Å². The number of hydrogen-bond donors (Lipinski definition) is 2. The lowest BCUT2D eigenvalue weighted by atomic mass is 10.1. The van der Waals surface area contributed by atoms with Crippen LogP contribution in [0.1, 0.15) is 27.2 Å². The molecule has 0 radical (unpaired) electrons. The topological polar surface area (TPSA) is 81.2 Å². The summed E-state index contributed by atoms with van der Waals surface area (Å²) in [6, 6.07) is 4.46. The second kappa shape index (κ2) is 6.68. The molecule has 5 nitrogen and oxygen atoms in total. The number of nitrogens with zero attached hydrogens (tertiary/aromatic N) is 1. The number of aryl methyl sites for hydroxylation is 1. The molecule has 0 unspecified atom stereocenters. The molecule has 108 valence electrons. The molecule has 2 rings (SSSR count). The van der Waals surface area contributed by atoms with Crippen LogP contribution >= 0.6 is 0 Å². The molecule has 3 N–H and O–H groups in total. The first-order valence-electron chi connectivity index (χ1n) is 6.28. The zero-order valence-corrected chi connectivity index (χ0v) is 11.4. The molecule has 0 spiro atoms. The van der Waals surface area contributed by atoms with Crippen LogP contribution in [0.2, 0.25) is 0 Å². The maximum absolute atomic E-state index is 13.7. The molecular weight excluding hydrogens is 273 g/mol. The molecule has 1 heterocycles. The van der Waals surface area contributed by atoms with Crippen LogP contribution in [-0.2, 0) is 6.54 Å². The molecule has 0 fully saturated rings. The third-order valence-electron chi connectivity index (χ3n) is 2.82. The van der Waals surface area contributed by atoms with Gasteiger partial charge in [0.1, 0.15) is 17.1 Å². The highest BCUT2D eigenvalue weighted by atomic mass is 19.1. The molecule has 0 saturated carbocycles. The zero-order valence-electron chi connectivity index (χ0n) is 11.4. The fourth-order valence-corrected chi connectivity index (χ4v) is 1.73. The number of benzene rings is 1. The Hall–Kier alpha value is -2.65. The highest BCUT2D eigenvalue weighted by Gasteiger charge is 2.13. The van der Waals surface area contributed by atoms with Gasteiger partial charge in [0.2, 0.25) is 0 Å². The van der Waals surface area contributed by atoms with E-state index < -0.39 is 5.82 Å². The molecular formula is C15H14FN3O2. The van der Waals surface area contributed by atoms with Crippen LogP contribution in [0.4, 0.5) is 4.39 Å². The lowest BCUT2D eigenvalue weighted by molar-refractivity contribution is 0.0949. The van der Waals surface area contributed by atoms with E-state index in [1.165, 1.54) is 12.3 Å². The van der Waals surface area contributed by atoms with Gasteiger partial charge in [-0.05, 0) is 25.1 Å². The normalized spacial score (nSPS) is 9.86. The van der Waals surface area contributed by atoms with Crippen LogP contribution in [0.15, 0.2) is 28.9 Å². The highest BCUT2D eigenvalue weighted by Crippen LogP contribution is 2.11. The molecule has 0 saturated heterocycles. The Kier molecular flexibility index (Phi) is 4.69. The fraction of sp³-hybridized carbons (Fsp3) is 0.200. The van der Waals surface area contributed by atoms with Crippen molar-refractivity contribution in [2.45, 2.75) is 13.5 Å². The Bertz CT molecular complexity index is 713. The number of halogens is 1. The third kappa shape index (κ3) is 3.68. The summed E-state index contributed by atoms with van der Waals surface area (Å²) in [5.74, 6) is 5.15. The lowest BCUT2D eigenvalue weighted by Gasteiger charge is -2.06. The molecule has 0 aliphatic carbocycles. The summed E-state index contributed by atoms with van der Waals surface area (Å²) < 4.78 is 18.5. The van der Waals surface area contributed by atoms with Gasteiger partial charge in [-0.1, -0.05) is 17.0 Å². The van der Waals surface area contributed by atoms with Crippen LogP contribution in [-0.4, -0.2) is 17.6 Å². The van der Waals surface area contributed by atoms with Crippen molar-refractivity contribution < 1.29 is 13.7 Å². The molecule has 21 heavy (non-hydrogen) atoms.